The van der Waals surface area contributed by atoms with Gasteiger partial charge >= 0.3 is 0 Å². The number of hydrogen-bond donors (Lipinski definition) is 2. The van der Waals surface area contributed by atoms with Gasteiger partial charge in [-0.15, -0.1) is 0 Å². The van der Waals surface area contributed by atoms with Crippen LogP contribution in [0.3, 0.4) is 0 Å². The second kappa shape index (κ2) is 12.6. The van der Waals surface area contributed by atoms with E-state index >= 15 is 0 Å². The van der Waals surface area contributed by atoms with Crippen LogP contribution in [-0.2, 0) is 9.59 Å². The number of nitrogens with one attached hydrogen (secondary N) is 1. The van der Waals surface area contributed by atoms with Gasteiger partial charge in [0, 0.05) is 46.2 Å². The van der Waals surface area contributed by atoms with E-state index in [1.54, 1.807) is 18.9 Å². The van der Waals surface area contributed by atoms with Gasteiger partial charge in [-0.2, -0.15) is 12.6 Å². The van der Waals surface area contributed by atoms with E-state index in [4.69, 9.17) is 0 Å². The van der Waals surface area contributed by atoms with E-state index in [1.807, 2.05) is 33.0 Å². The molecule has 0 spiro atoms. The van der Waals surface area contributed by atoms with Gasteiger partial charge in [0.2, 0.25) is 11.8 Å². The van der Waals surface area contributed by atoms with E-state index in [2.05, 4.69) is 22.8 Å². The Bertz CT molecular complexity index is 378. The van der Waals surface area contributed by atoms with Crippen molar-refractivity contribution in [2.75, 3.05) is 60.9 Å². The SMILES string of the molecule is CC(S)C(=O)N(C)CCNCCCC(C)C(=O)N(C)CCN(C)C. The molecule has 0 heterocycles. The van der Waals surface area contributed by atoms with Crippen LogP contribution in [0.15, 0.2) is 0 Å². The number of rotatable bonds is 12. The van der Waals surface area contributed by atoms with Gasteiger partial charge in [0.05, 0.1) is 5.25 Å². The van der Waals surface area contributed by atoms with Gasteiger partial charge in [-0.3, -0.25) is 9.59 Å². The molecule has 7 heteroatoms. The van der Waals surface area contributed by atoms with Crippen LogP contribution in [0.4, 0.5) is 0 Å². The van der Waals surface area contributed by atoms with E-state index < -0.39 is 0 Å². The Hall–Kier alpha value is -0.790. The van der Waals surface area contributed by atoms with Gasteiger partial charge in [-0.05, 0) is 40.4 Å². The highest BCUT2D eigenvalue weighted by atomic mass is 32.1. The van der Waals surface area contributed by atoms with Gasteiger partial charge in [-0.25, -0.2) is 0 Å². The molecule has 0 saturated heterocycles. The first kappa shape index (κ1) is 23.2. The molecule has 0 aliphatic rings. The third kappa shape index (κ3) is 10.2. The molecule has 0 aliphatic heterocycles. The summed E-state index contributed by atoms with van der Waals surface area (Å²) in [5, 5.41) is 3.07. The van der Waals surface area contributed by atoms with Crippen LogP contribution in [0.2, 0.25) is 0 Å². The minimum absolute atomic E-state index is 0.0418. The second-order valence-corrected chi connectivity index (χ2v) is 7.57. The number of nitrogens with zero attached hydrogens (tertiary/aromatic N) is 3. The van der Waals surface area contributed by atoms with E-state index in [0.717, 1.165) is 39.0 Å². The van der Waals surface area contributed by atoms with Crippen molar-refractivity contribution >= 4 is 24.4 Å². The van der Waals surface area contributed by atoms with Crippen molar-refractivity contribution in [3.8, 4) is 0 Å². The first-order chi connectivity index (χ1) is 11.2. The highest BCUT2D eigenvalue weighted by molar-refractivity contribution is 7.81. The van der Waals surface area contributed by atoms with Crippen LogP contribution >= 0.6 is 12.6 Å². The minimum Gasteiger partial charge on any atom is -0.344 e. The number of amides is 2. The predicted octanol–water partition coefficient (Wildman–Crippen LogP) is 0.789. The molecular formula is C17H36N4O2S. The minimum atomic E-state index is -0.258. The van der Waals surface area contributed by atoms with Crippen molar-refractivity contribution < 1.29 is 9.59 Å². The topological polar surface area (TPSA) is 55.9 Å². The van der Waals surface area contributed by atoms with Gasteiger partial charge < -0.3 is 20.0 Å². The highest BCUT2D eigenvalue weighted by Gasteiger charge is 2.17. The molecule has 0 aromatic rings. The average molecular weight is 361 g/mol. The molecule has 0 radical (unpaired) electrons. The van der Waals surface area contributed by atoms with Crippen LogP contribution in [-0.4, -0.2) is 92.7 Å². The molecule has 0 bridgehead atoms. The van der Waals surface area contributed by atoms with Gasteiger partial charge in [0.1, 0.15) is 0 Å². The zero-order valence-corrected chi connectivity index (χ0v) is 17.1. The molecule has 24 heavy (non-hydrogen) atoms. The maximum Gasteiger partial charge on any atom is 0.234 e. The summed E-state index contributed by atoms with van der Waals surface area (Å²) in [6.45, 7) is 7.71. The van der Waals surface area contributed by atoms with E-state index in [-0.39, 0.29) is 23.0 Å². The van der Waals surface area contributed by atoms with Crippen molar-refractivity contribution in [3.63, 3.8) is 0 Å². The van der Waals surface area contributed by atoms with Crippen LogP contribution < -0.4 is 5.32 Å². The summed E-state index contributed by atoms with van der Waals surface area (Å²) in [5.41, 5.74) is 0. The summed E-state index contributed by atoms with van der Waals surface area (Å²) < 4.78 is 0. The first-order valence-electron chi connectivity index (χ1n) is 8.70. The molecule has 0 aromatic heterocycles. The molecule has 2 unspecified atom stereocenters. The summed E-state index contributed by atoms with van der Waals surface area (Å²) >= 11 is 4.14. The quantitative estimate of drug-likeness (QED) is 0.399. The van der Waals surface area contributed by atoms with Crippen molar-refractivity contribution in [2.45, 2.75) is 31.9 Å². The predicted molar refractivity (Wildman–Crippen MR) is 104 cm³/mol. The van der Waals surface area contributed by atoms with Crippen LogP contribution in [0, 0.1) is 5.92 Å². The monoisotopic (exact) mass is 360 g/mol. The lowest BCUT2D eigenvalue weighted by molar-refractivity contribution is -0.134. The fraction of sp³-hybridized carbons (Fsp3) is 0.882. The molecule has 0 saturated carbocycles. The lowest BCUT2D eigenvalue weighted by Gasteiger charge is -2.23. The summed E-state index contributed by atoms with van der Waals surface area (Å²) in [6, 6.07) is 0. The summed E-state index contributed by atoms with van der Waals surface area (Å²) in [4.78, 5) is 29.5. The molecule has 0 aliphatic carbocycles. The third-order valence-electron chi connectivity index (χ3n) is 4.03. The summed E-state index contributed by atoms with van der Waals surface area (Å²) in [7, 11) is 7.68. The Labute approximate surface area is 153 Å². The van der Waals surface area contributed by atoms with Gasteiger partial charge in [-0.1, -0.05) is 6.92 Å². The number of thiol groups is 1. The Morgan fingerprint density at radius 1 is 0.917 bits per heavy atom. The lowest BCUT2D eigenvalue weighted by Crippen LogP contribution is -2.38. The smallest absolute Gasteiger partial charge is 0.234 e. The standard InChI is InChI=1S/C17H36N4O2S/c1-14(16(22)21(6)13-12-19(3)4)8-7-9-18-10-11-20(5)17(23)15(2)24/h14-15,18,24H,7-13H2,1-6H3. The molecule has 142 valence electrons. The maximum atomic E-state index is 12.2. The Balaban J connectivity index is 3.80. The molecule has 0 aromatic carbocycles. The van der Waals surface area contributed by atoms with Gasteiger partial charge in [0.25, 0.3) is 0 Å². The maximum absolute atomic E-state index is 12.2. The van der Waals surface area contributed by atoms with E-state index in [1.165, 1.54) is 0 Å². The van der Waals surface area contributed by atoms with Crippen molar-refractivity contribution in [3.05, 3.63) is 0 Å². The fourth-order valence-electron chi connectivity index (χ4n) is 2.29. The second-order valence-electron chi connectivity index (χ2n) is 6.79. The van der Waals surface area contributed by atoms with Crippen LogP contribution in [0.1, 0.15) is 26.7 Å². The fourth-order valence-corrected chi connectivity index (χ4v) is 2.49. The molecule has 6 nitrogen and oxygen atoms in total. The molecule has 0 rings (SSSR count). The van der Waals surface area contributed by atoms with Crippen molar-refractivity contribution in [1.29, 1.82) is 0 Å². The largest absolute Gasteiger partial charge is 0.344 e. The zero-order valence-electron chi connectivity index (χ0n) is 16.2. The number of likely N-dealkylation sites (N-methyl/N-ethyl adjacent to an activating group) is 3. The lowest BCUT2D eigenvalue weighted by atomic mass is 10.0. The Morgan fingerprint density at radius 2 is 1.50 bits per heavy atom. The average Bonchev–Trinajstić information content (AvgIpc) is 2.53. The number of carbonyl (C=O) groups is 2. The highest BCUT2D eigenvalue weighted by Crippen LogP contribution is 2.08. The van der Waals surface area contributed by atoms with Crippen LogP contribution in [0.25, 0.3) is 0 Å². The molecule has 0 fully saturated rings. The van der Waals surface area contributed by atoms with Crippen molar-refractivity contribution in [2.24, 2.45) is 5.92 Å². The Kier molecular flexibility index (Phi) is 12.1. The normalized spacial score (nSPS) is 13.7. The molecule has 1 N–H and O–H groups in total. The first-order valence-corrected chi connectivity index (χ1v) is 9.22. The Morgan fingerprint density at radius 3 is 2.04 bits per heavy atom. The van der Waals surface area contributed by atoms with E-state index in [0.29, 0.717) is 6.54 Å². The van der Waals surface area contributed by atoms with E-state index in [9.17, 15) is 9.59 Å². The molecule has 2 atom stereocenters. The third-order valence-corrected chi connectivity index (χ3v) is 4.25. The number of hydrogen-bond acceptors (Lipinski definition) is 5. The summed E-state index contributed by atoms with van der Waals surface area (Å²) in [6.07, 6.45) is 1.83. The van der Waals surface area contributed by atoms with Crippen molar-refractivity contribution in [1.82, 2.24) is 20.0 Å². The number of carbonyl (C=O) groups excluding carboxylic acids is 2. The van der Waals surface area contributed by atoms with Crippen LogP contribution in [0.5, 0.6) is 0 Å². The molecule has 2 amide bonds. The summed E-state index contributed by atoms with van der Waals surface area (Å²) in [5.74, 6) is 0.304. The molecular weight excluding hydrogens is 324 g/mol. The zero-order chi connectivity index (χ0) is 18.7. The van der Waals surface area contributed by atoms with Gasteiger partial charge in [0.15, 0.2) is 0 Å².